The van der Waals surface area contributed by atoms with Crippen molar-refractivity contribution >= 4 is 125 Å². The number of benzene rings is 1. The SMILES string of the molecule is C[Si](C)(C)C.C[Si](C)(C)CCC[Si](C)(C)C.C[Si](C)(C)CC[Si](C)(C)C.C[Si](C)(C)CC[Si](C)(C)O[Si](C)(C)C.C[Si](C)(C)O[Si](C)(C)C.C[Si](C)(C)O[Si](C)(C)C.C[Si](C)(C)c1ccc([Si](C)(C)C)cc1. The van der Waals surface area contributed by atoms with Gasteiger partial charge in [0.25, 0.3) is 0 Å². The molecule has 0 aliphatic carbocycles. The van der Waals surface area contributed by atoms with E-state index in [-0.39, 0.29) is 0 Å². The molecule has 0 amide bonds. The molecular weight excluding hydrogens is 1100 g/mol. The Hall–Kier alpha value is 2.14. The van der Waals surface area contributed by atoms with E-state index in [0.717, 1.165) is 0 Å². The van der Waals surface area contributed by atoms with Gasteiger partial charge in [-0.05, 0) is 117 Å². The molecule has 0 saturated heterocycles. The molecule has 0 atom stereocenters. The fourth-order valence-corrected chi connectivity index (χ4v) is 45.1. The van der Waals surface area contributed by atoms with Gasteiger partial charge in [-0.15, -0.1) is 0 Å². The van der Waals surface area contributed by atoms with Crippen molar-refractivity contribution in [3.8, 4) is 0 Å². The summed E-state index contributed by atoms with van der Waals surface area (Å²) >= 11 is 0. The van der Waals surface area contributed by atoms with Gasteiger partial charge >= 0.3 is 0 Å². The highest BCUT2D eigenvalue weighted by atomic mass is 28.4. The van der Waals surface area contributed by atoms with Crippen LogP contribution in [0.3, 0.4) is 0 Å². The molecule has 1 aromatic rings. The third-order valence-corrected chi connectivity index (χ3v) is 39.4. The Balaban J connectivity index is -0.000000180. The van der Waals surface area contributed by atoms with Gasteiger partial charge in [0.15, 0.2) is 49.9 Å². The van der Waals surface area contributed by atoms with Crippen LogP contribution in [0.15, 0.2) is 24.3 Å². The Labute approximate surface area is 475 Å². The first-order valence-electron chi connectivity index (χ1n) is 28.7. The van der Waals surface area contributed by atoms with Gasteiger partial charge in [-0.3, -0.25) is 0 Å². The van der Waals surface area contributed by atoms with Crippen molar-refractivity contribution in [3.63, 3.8) is 0 Å². The summed E-state index contributed by atoms with van der Waals surface area (Å²) in [4.78, 5) is 0. The summed E-state index contributed by atoms with van der Waals surface area (Å²) in [6, 6.07) is 18.3. The lowest BCUT2D eigenvalue weighted by Crippen LogP contribution is -2.43. The van der Waals surface area contributed by atoms with Gasteiger partial charge in [0.05, 0.1) is 16.1 Å². The number of rotatable bonds is 18. The summed E-state index contributed by atoms with van der Waals surface area (Å²) < 4.78 is 18.1. The summed E-state index contributed by atoms with van der Waals surface area (Å²) in [5.41, 5.74) is 0. The fourth-order valence-electron chi connectivity index (χ4n) is 6.76. The van der Waals surface area contributed by atoms with Crippen molar-refractivity contribution in [2.24, 2.45) is 0 Å². The fraction of sp³-hybridized carbons (Fsp3) is 0.891. The van der Waals surface area contributed by atoms with Crippen molar-refractivity contribution in [3.05, 3.63) is 24.3 Å². The molecule has 438 valence electrons. The van der Waals surface area contributed by atoms with E-state index in [2.05, 4.69) is 299 Å². The van der Waals surface area contributed by atoms with Gasteiger partial charge in [-0.1, -0.05) is 235 Å². The summed E-state index contributed by atoms with van der Waals surface area (Å²) in [5, 5.41) is 3.14. The molecule has 1 rings (SSSR count). The maximum Gasteiger partial charge on any atom is 0.173 e. The van der Waals surface area contributed by atoms with E-state index in [0.29, 0.717) is 0 Å². The van der Waals surface area contributed by atoms with Crippen LogP contribution in [0.1, 0.15) is 6.42 Å². The summed E-state index contributed by atoms with van der Waals surface area (Å²) in [7, 11) is -14.2. The van der Waals surface area contributed by atoms with Crippen molar-refractivity contribution < 1.29 is 12.3 Å². The first kappa shape index (κ1) is 85.4. The third kappa shape index (κ3) is 88.7. The normalized spacial score (nSPS) is 13.7. The van der Waals surface area contributed by atoms with E-state index in [9.17, 15) is 0 Å². The predicted octanol–water partition coefficient (Wildman–Crippen LogP) is 22.2. The van der Waals surface area contributed by atoms with Crippen LogP contribution in [-0.4, -0.2) is 114 Å². The molecule has 1 aromatic carbocycles. The van der Waals surface area contributed by atoms with Crippen molar-refractivity contribution in [2.45, 2.75) is 318 Å². The Morgan fingerprint density at radius 3 is 0.528 bits per heavy atom. The van der Waals surface area contributed by atoms with Gasteiger partial charge in [0, 0.05) is 48.4 Å². The molecule has 0 unspecified atom stereocenters. The lowest BCUT2D eigenvalue weighted by molar-refractivity contribution is 0.550. The van der Waals surface area contributed by atoms with Crippen LogP contribution in [-0.2, 0) is 12.3 Å². The largest absolute Gasteiger partial charge is 0.456 e. The number of hydrogen-bond acceptors (Lipinski definition) is 3. The van der Waals surface area contributed by atoms with E-state index >= 15 is 0 Å². The molecule has 0 radical (unpaired) electrons. The molecule has 0 N–H and O–H groups in total. The van der Waals surface area contributed by atoms with Gasteiger partial charge in [0.2, 0.25) is 0 Å². The highest BCUT2D eigenvalue weighted by Gasteiger charge is 2.31. The molecule has 0 aliphatic rings. The molecule has 0 aromatic heterocycles. The zero-order valence-corrected chi connectivity index (χ0v) is 72.5. The van der Waals surface area contributed by atoms with E-state index < -0.39 is 114 Å². The van der Waals surface area contributed by atoms with Gasteiger partial charge in [-0.25, -0.2) is 0 Å². The zero-order valence-electron chi connectivity index (χ0n) is 58.5. The molecule has 0 saturated carbocycles. The van der Waals surface area contributed by atoms with Crippen LogP contribution in [0.25, 0.3) is 0 Å². The van der Waals surface area contributed by atoms with E-state index in [1.807, 2.05) is 0 Å². The maximum absolute atomic E-state index is 6.32. The Morgan fingerprint density at radius 1 is 0.236 bits per heavy atom. The topological polar surface area (TPSA) is 27.7 Å². The summed E-state index contributed by atoms with van der Waals surface area (Å²) in [6.45, 7) is 99.2. The predicted molar refractivity (Wildman–Crippen MR) is 389 cm³/mol. The van der Waals surface area contributed by atoms with Crippen LogP contribution in [0.4, 0.5) is 0 Å². The Bertz CT molecular complexity index is 1380. The molecule has 72 heavy (non-hydrogen) atoms. The van der Waals surface area contributed by atoms with Crippen LogP contribution in [0.2, 0.25) is 311 Å². The standard InChI is InChI=1S/C12H22Si2.C10H28OSi3.C9H24Si2.C8H22Si2.2C6H18OSi2.C4H12Si/c1-13(2,3)11-7-9-12(10-8-11)14(4,5)6;1-12(2,3)9-10-14(7,8)11-13(4,5)6;1-10(2,3)8-7-9-11(4,5)6;1-9(2,3)7-8-10(4,5)6;2*1-8(2,3)7-9(4,5)6;1-5(2,3)4/h7-10H,1-6H3;9-10H2,1-8H3;7-9H2,1-6H3;7-8H2,1-6H3;2*1-6H3;1-4H3. The van der Waals surface area contributed by atoms with E-state index in [1.165, 1.54) is 42.7 Å². The third-order valence-electron chi connectivity index (χ3n) is 9.38. The average molecular weight is 1250 g/mol. The van der Waals surface area contributed by atoms with E-state index in [4.69, 9.17) is 12.3 Å². The van der Waals surface area contributed by atoms with Crippen LogP contribution in [0, 0.1) is 0 Å². The lowest BCUT2D eigenvalue weighted by atomic mass is 10.4. The highest BCUT2D eigenvalue weighted by molar-refractivity contribution is 6.90. The zero-order chi connectivity index (χ0) is 60.1. The lowest BCUT2D eigenvalue weighted by Gasteiger charge is -2.33. The van der Waals surface area contributed by atoms with Crippen LogP contribution in [0.5, 0.6) is 0 Å². The molecule has 17 heteroatoms. The maximum atomic E-state index is 6.32. The van der Waals surface area contributed by atoms with Crippen molar-refractivity contribution in [1.82, 2.24) is 0 Å². The smallest absolute Gasteiger partial charge is 0.173 e. The van der Waals surface area contributed by atoms with Crippen LogP contribution < -0.4 is 10.4 Å². The van der Waals surface area contributed by atoms with Crippen LogP contribution >= 0.6 is 0 Å². The second-order valence-electron chi connectivity index (χ2n) is 36.4. The molecule has 0 fully saturated rings. The summed E-state index contributed by atoms with van der Waals surface area (Å²) in [6.07, 6.45) is 1.49. The summed E-state index contributed by atoms with van der Waals surface area (Å²) in [5.74, 6) is 0. The van der Waals surface area contributed by atoms with E-state index in [1.54, 1.807) is 10.4 Å². The van der Waals surface area contributed by atoms with Gasteiger partial charge < -0.3 is 12.3 Å². The Kier molecular flexibility index (Phi) is 40.1. The second-order valence-corrected chi connectivity index (χ2v) is 108. The highest BCUT2D eigenvalue weighted by Crippen LogP contribution is 2.25. The molecule has 0 heterocycles. The minimum absolute atomic E-state index is 0.611. The average Bonchev–Trinajstić information content (AvgIpc) is 2.96. The molecule has 0 aliphatic heterocycles. The quantitative estimate of drug-likeness (QED) is 0.137. The van der Waals surface area contributed by atoms with Crippen molar-refractivity contribution in [1.29, 1.82) is 0 Å². The minimum Gasteiger partial charge on any atom is -0.456 e. The monoisotopic (exact) mass is 1240 g/mol. The minimum atomic E-state index is -1.35. The van der Waals surface area contributed by atoms with Gasteiger partial charge in [-0.2, -0.15) is 0 Å². The molecule has 0 spiro atoms. The van der Waals surface area contributed by atoms with Gasteiger partial charge in [0.1, 0.15) is 0 Å². The second kappa shape index (κ2) is 33.8. The molecule has 0 bridgehead atoms. The molecular formula is C55H144O3Si14. The first-order chi connectivity index (χ1) is 30.5. The molecule has 3 nitrogen and oxygen atoms in total. The van der Waals surface area contributed by atoms with Crippen molar-refractivity contribution in [2.75, 3.05) is 0 Å². The number of hydrogen-bond donors (Lipinski definition) is 0. The first-order valence-corrected chi connectivity index (χ1v) is 78.4. The Morgan fingerprint density at radius 2 is 0.403 bits per heavy atom.